The first-order chi connectivity index (χ1) is 7.56. The van der Waals surface area contributed by atoms with Crippen molar-refractivity contribution >= 4 is 5.69 Å². The van der Waals surface area contributed by atoms with Gasteiger partial charge in [0.25, 0.3) is 5.69 Å². The van der Waals surface area contributed by atoms with Crippen LogP contribution in [0.1, 0.15) is 17.2 Å². The van der Waals surface area contributed by atoms with Gasteiger partial charge in [-0.2, -0.15) is 0 Å². The molecule has 0 aromatic heterocycles. The van der Waals surface area contributed by atoms with Crippen molar-refractivity contribution in [3.8, 4) is 0 Å². The van der Waals surface area contributed by atoms with E-state index < -0.39 is 11.0 Å². The zero-order valence-corrected chi connectivity index (χ0v) is 8.57. The van der Waals surface area contributed by atoms with Gasteiger partial charge in [0.05, 0.1) is 17.6 Å². The standard InChI is InChI=1S/C9H10N4O3/c1-6-2-3-7(4-8(6)13(15)16)9(14)5-11-12-10/h2-4,9,14H,5H2,1H3. The summed E-state index contributed by atoms with van der Waals surface area (Å²) in [5, 5.41) is 23.4. The molecule has 0 saturated carbocycles. The molecule has 7 nitrogen and oxygen atoms in total. The van der Waals surface area contributed by atoms with Crippen LogP contribution < -0.4 is 0 Å². The van der Waals surface area contributed by atoms with E-state index in [0.29, 0.717) is 11.1 Å². The summed E-state index contributed by atoms with van der Waals surface area (Å²) in [6.45, 7) is 1.47. The molecular formula is C9H10N4O3. The molecule has 84 valence electrons. The number of aryl methyl sites for hydroxylation is 1. The Balaban J connectivity index is 3.02. The molecule has 0 aliphatic carbocycles. The second-order valence-corrected chi connectivity index (χ2v) is 3.23. The van der Waals surface area contributed by atoms with Gasteiger partial charge < -0.3 is 5.11 Å². The number of nitrogens with zero attached hydrogens (tertiary/aromatic N) is 4. The van der Waals surface area contributed by atoms with Crippen LogP contribution in [0.15, 0.2) is 23.3 Å². The van der Waals surface area contributed by atoms with E-state index in [1.54, 1.807) is 19.1 Å². The fraction of sp³-hybridized carbons (Fsp3) is 0.333. The molecule has 0 spiro atoms. The number of hydrogen-bond donors (Lipinski definition) is 1. The quantitative estimate of drug-likeness (QED) is 0.277. The molecular weight excluding hydrogens is 212 g/mol. The van der Waals surface area contributed by atoms with Gasteiger partial charge in [-0.1, -0.05) is 17.2 Å². The molecule has 0 heterocycles. The number of benzene rings is 1. The van der Waals surface area contributed by atoms with Crippen molar-refractivity contribution < 1.29 is 10.0 Å². The van der Waals surface area contributed by atoms with Crippen LogP contribution >= 0.6 is 0 Å². The molecule has 16 heavy (non-hydrogen) atoms. The normalized spacial score (nSPS) is 11.6. The average molecular weight is 222 g/mol. The summed E-state index contributed by atoms with van der Waals surface area (Å²) in [7, 11) is 0. The molecule has 0 radical (unpaired) electrons. The van der Waals surface area contributed by atoms with Gasteiger partial charge in [0, 0.05) is 16.5 Å². The maximum absolute atomic E-state index is 10.7. The molecule has 1 N–H and O–H groups in total. The molecule has 1 aromatic rings. The molecule has 0 bridgehead atoms. The summed E-state index contributed by atoms with van der Waals surface area (Å²) in [6.07, 6.45) is -1.02. The lowest BCUT2D eigenvalue weighted by Gasteiger charge is -2.08. The number of nitro benzene ring substituents is 1. The second-order valence-electron chi connectivity index (χ2n) is 3.23. The van der Waals surface area contributed by atoms with Gasteiger partial charge >= 0.3 is 0 Å². The van der Waals surface area contributed by atoms with Crippen molar-refractivity contribution in [3.05, 3.63) is 49.9 Å². The first-order valence-electron chi connectivity index (χ1n) is 4.50. The predicted octanol–water partition coefficient (Wildman–Crippen LogP) is 2.25. The molecule has 0 saturated heterocycles. The molecule has 0 amide bonds. The first kappa shape index (κ1) is 12.0. The molecule has 0 fully saturated rings. The fourth-order valence-electron chi connectivity index (χ4n) is 1.25. The molecule has 1 atom stereocenters. The third-order valence-electron chi connectivity index (χ3n) is 2.13. The van der Waals surface area contributed by atoms with Gasteiger partial charge in [0.1, 0.15) is 0 Å². The third kappa shape index (κ3) is 2.69. The lowest BCUT2D eigenvalue weighted by Crippen LogP contribution is -2.02. The predicted molar refractivity (Wildman–Crippen MR) is 56.8 cm³/mol. The average Bonchev–Trinajstić information content (AvgIpc) is 2.26. The minimum Gasteiger partial charge on any atom is -0.388 e. The van der Waals surface area contributed by atoms with E-state index in [-0.39, 0.29) is 12.2 Å². The Labute approximate surface area is 91.1 Å². The highest BCUT2D eigenvalue weighted by molar-refractivity contribution is 5.43. The van der Waals surface area contributed by atoms with Gasteiger partial charge in [-0.25, -0.2) is 0 Å². The SMILES string of the molecule is Cc1ccc(C(O)CN=[N+]=[N-])cc1[N+](=O)[O-]. The van der Waals surface area contributed by atoms with Crippen molar-refractivity contribution in [1.82, 2.24) is 0 Å². The minimum atomic E-state index is -1.02. The first-order valence-corrected chi connectivity index (χ1v) is 4.50. The van der Waals surface area contributed by atoms with Crippen LogP contribution in [0, 0.1) is 17.0 Å². The number of rotatable bonds is 4. The van der Waals surface area contributed by atoms with E-state index in [1.807, 2.05) is 0 Å². The second kappa shape index (κ2) is 5.11. The Morgan fingerprint density at radius 3 is 2.94 bits per heavy atom. The molecule has 0 aliphatic heterocycles. The highest BCUT2D eigenvalue weighted by Crippen LogP contribution is 2.23. The van der Waals surface area contributed by atoms with Crippen LogP contribution in [0.3, 0.4) is 0 Å². The largest absolute Gasteiger partial charge is 0.388 e. The van der Waals surface area contributed by atoms with Crippen LogP contribution in [0.5, 0.6) is 0 Å². The Morgan fingerprint density at radius 2 is 2.38 bits per heavy atom. The summed E-state index contributed by atoms with van der Waals surface area (Å²) in [4.78, 5) is 12.6. The lowest BCUT2D eigenvalue weighted by molar-refractivity contribution is -0.385. The lowest BCUT2D eigenvalue weighted by atomic mass is 10.1. The number of azide groups is 1. The van der Waals surface area contributed by atoms with Crippen LogP contribution in [0.25, 0.3) is 10.4 Å². The van der Waals surface area contributed by atoms with E-state index in [1.165, 1.54) is 6.07 Å². The van der Waals surface area contributed by atoms with E-state index in [4.69, 9.17) is 5.53 Å². The van der Waals surface area contributed by atoms with Crippen molar-refractivity contribution in [1.29, 1.82) is 0 Å². The number of aliphatic hydroxyl groups is 1. The molecule has 1 aromatic carbocycles. The topological polar surface area (TPSA) is 112 Å². The van der Waals surface area contributed by atoms with Crippen LogP contribution in [-0.2, 0) is 0 Å². The zero-order valence-electron chi connectivity index (χ0n) is 8.57. The van der Waals surface area contributed by atoms with Gasteiger partial charge in [-0.3, -0.25) is 10.1 Å². The van der Waals surface area contributed by atoms with Crippen LogP contribution in [-0.4, -0.2) is 16.6 Å². The van der Waals surface area contributed by atoms with Crippen molar-refractivity contribution in [2.75, 3.05) is 6.54 Å². The van der Waals surface area contributed by atoms with Crippen molar-refractivity contribution in [3.63, 3.8) is 0 Å². The maximum Gasteiger partial charge on any atom is 0.272 e. The number of aliphatic hydroxyl groups excluding tert-OH is 1. The Kier molecular flexibility index (Phi) is 3.82. The van der Waals surface area contributed by atoms with E-state index in [0.717, 1.165) is 0 Å². The Morgan fingerprint density at radius 1 is 1.69 bits per heavy atom. The summed E-state index contributed by atoms with van der Waals surface area (Å²) >= 11 is 0. The Hall–Kier alpha value is -2.11. The van der Waals surface area contributed by atoms with Gasteiger partial charge in [-0.05, 0) is 18.0 Å². The van der Waals surface area contributed by atoms with E-state index in [2.05, 4.69) is 10.0 Å². The van der Waals surface area contributed by atoms with Crippen molar-refractivity contribution in [2.24, 2.45) is 5.11 Å². The van der Waals surface area contributed by atoms with Gasteiger partial charge in [0.15, 0.2) is 0 Å². The van der Waals surface area contributed by atoms with E-state index >= 15 is 0 Å². The third-order valence-corrected chi connectivity index (χ3v) is 2.13. The zero-order chi connectivity index (χ0) is 12.1. The highest BCUT2D eigenvalue weighted by atomic mass is 16.6. The minimum absolute atomic E-state index is 0.0579. The Bertz CT molecular complexity index is 454. The molecule has 7 heteroatoms. The van der Waals surface area contributed by atoms with Gasteiger partial charge in [0.2, 0.25) is 0 Å². The molecule has 1 unspecified atom stereocenters. The van der Waals surface area contributed by atoms with Crippen LogP contribution in [0.2, 0.25) is 0 Å². The summed E-state index contributed by atoms with van der Waals surface area (Å²) in [6, 6.07) is 4.40. The summed E-state index contributed by atoms with van der Waals surface area (Å²) < 4.78 is 0. The highest BCUT2D eigenvalue weighted by Gasteiger charge is 2.14. The molecule has 0 aliphatic rings. The molecule has 1 rings (SSSR count). The van der Waals surface area contributed by atoms with E-state index in [9.17, 15) is 15.2 Å². The fourth-order valence-corrected chi connectivity index (χ4v) is 1.25. The monoisotopic (exact) mass is 222 g/mol. The van der Waals surface area contributed by atoms with Crippen molar-refractivity contribution in [2.45, 2.75) is 13.0 Å². The summed E-state index contributed by atoms with van der Waals surface area (Å²) in [5.74, 6) is 0. The maximum atomic E-state index is 10.7. The number of hydrogen-bond acceptors (Lipinski definition) is 4. The van der Waals surface area contributed by atoms with Gasteiger partial charge in [-0.15, -0.1) is 0 Å². The van der Waals surface area contributed by atoms with Crippen LogP contribution in [0.4, 0.5) is 5.69 Å². The summed E-state index contributed by atoms with van der Waals surface area (Å²) in [5.41, 5.74) is 8.91. The smallest absolute Gasteiger partial charge is 0.272 e. The number of nitro groups is 1.